The first kappa shape index (κ1) is 13.8. The molecule has 2 aromatic carbocycles. The number of hydrogen-bond acceptors (Lipinski definition) is 3. The number of aromatic nitrogens is 1. The van der Waals surface area contributed by atoms with Crippen LogP contribution in [0.15, 0.2) is 53.0 Å². The van der Waals surface area contributed by atoms with Crippen LogP contribution in [0.5, 0.6) is 5.75 Å². The number of ether oxygens (including phenoxy) is 1. The molecule has 106 valence electrons. The van der Waals surface area contributed by atoms with Crippen LogP contribution < -0.4 is 10.5 Å². The van der Waals surface area contributed by atoms with Crippen molar-refractivity contribution >= 4 is 32.7 Å². The molecule has 0 atom stereocenters. The number of anilines is 1. The quantitative estimate of drug-likeness (QED) is 0.769. The van der Waals surface area contributed by atoms with Gasteiger partial charge in [0.05, 0.1) is 9.99 Å². The maximum absolute atomic E-state index is 13.2. The predicted molar refractivity (Wildman–Crippen MR) is 84.6 cm³/mol. The van der Waals surface area contributed by atoms with Crippen molar-refractivity contribution in [1.82, 2.24) is 4.98 Å². The predicted octanol–water partition coefficient (Wildman–Crippen LogP) is 4.30. The monoisotopic (exact) mass is 346 g/mol. The normalized spacial score (nSPS) is 10.8. The van der Waals surface area contributed by atoms with Gasteiger partial charge >= 0.3 is 0 Å². The second kappa shape index (κ2) is 5.69. The first-order valence-corrected chi connectivity index (χ1v) is 7.15. The summed E-state index contributed by atoms with van der Waals surface area (Å²) in [6, 6.07) is 13.9. The van der Waals surface area contributed by atoms with Crippen LogP contribution in [0.2, 0.25) is 0 Å². The number of fused-ring (bicyclic) bond motifs is 1. The molecule has 0 radical (unpaired) electrons. The van der Waals surface area contributed by atoms with Gasteiger partial charge in [0.1, 0.15) is 24.0 Å². The molecule has 0 aliphatic heterocycles. The third-order valence-corrected chi connectivity index (χ3v) is 3.77. The largest absolute Gasteiger partial charge is 0.487 e. The Morgan fingerprint density at radius 3 is 2.81 bits per heavy atom. The van der Waals surface area contributed by atoms with Crippen molar-refractivity contribution in [2.75, 3.05) is 5.73 Å². The first-order chi connectivity index (χ1) is 10.1. The highest BCUT2D eigenvalue weighted by molar-refractivity contribution is 9.10. The molecule has 0 bridgehead atoms. The van der Waals surface area contributed by atoms with E-state index in [-0.39, 0.29) is 12.4 Å². The van der Waals surface area contributed by atoms with Gasteiger partial charge in [0.2, 0.25) is 0 Å². The van der Waals surface area contributed by atoms with Crippen LogP contribution in [-0.2, 0) is 6.61 Å². The molecule has 2 N–H and O–H groups in total. The van der Waals surface area contributed by atoms with E-state index in [4.69, 9.17) is 10.5 Å². The van der Waals surface area contributed by atoms with Crippen molar-refractivity contribution < 1.29 is 9.13 Å². The SMILES string of the molecule is Nc1nc2ccccc2cc1COc1cc(F)ccc1Br. The topological polar surface area (TPSA) is 48.1 Å². The van der Waals surface area contributed by atoms with Crippen LogP contribution in [0.4, 0.5) is 10.2 Å². The second-order valence-corrected chi connectivity index (χ2v) is 5.44. The Morgan fingerprint density at radius 2 is 1.95 bits per heavy atom. The van der Waals surface area contributed by atoms with Crippen molar-refractivity contribution in [1.29, 1.82) is 0 Å². The molecule has 0 saturated heterocycles. The summed E-state index contributed by atoms with van der Waals surface area (Å²) in [4.78, 5) is 4.34. The molecule has 3 aromatic rings. The summed E-state index contributed by atoms with van der Waals surface area (Å²) >= 11 is 3.32. The lowest BCUT2D eigenvalue weighted by Gasteiger charge is -2.10. The van der Waals surface area contributed by atoms with Crippen LogP contribution >= 0.6 is 15.9 Å². The highest BCUT2D eigenvalue weighted by Gasteiger charge is 2.07. The Balaban J connectivity index is 1.88. The summed E-state index contributed by atoms with van der Waals surface area (Å²) in [5.41, 5.74) is 7.55. The number of para-hydroxylation sites is 1. The number of nitrogen functional groups attached to an aromatic ring is 1. The van der Waals surface area contributed by atoms with Crippen molar-refractivity contribution in [3.8, 4) is 5.75 Å². The summed E-state index contributed by atoms with van der Waals surface area (Å²) in [6.07, 6.45) is 0. The number of benzene rings is 2. The molecule has 0 aliphatic carbocycles. The second-order valence-electron chi connectivity index (χ2n) is 4.59. The van der Waals surface area contributed by atoms with Crippen LogP contribution in [0.3, 0.4) is 0 Å². The molecule has 0 unspecified atom stereocenters. The van der Waals surface area contributed by atoms with E-state index in [0.717, 1.165) is 16.5 Å². The zero-order valence-electron chi connectivity index (χ0n) is 11.0. The van der Waals surface area contributed by atoms with E-state index in [0.29, 0.717) is 16.0 Å². The van der Waals surface area contributed by atoms with E-state index in [1.165, 1.54) is 12.1 Å². The van der Waals surface area contributed by atoms with Crippen molar-refractivity contribution in [3.05, 3.63) is 64.4 Å². The molecule has 0 fully saturated rings. The zero-order chi connectivity index (χ0) is 14.8. The Labute approximate surface area is 129 Å². The smallest absolute Gasteiger partial charge is 0.136 e. The summed E-state index contributed by atoms with van der Waals surface area (Å²) in [5.74, 6) is 0.501. The highest BCUT2D eigenvalue weighted by Crippen LogP contribution is 2.27. The standard InChI is InChI=1S/C16H12BrFN2O/c17-13-6-5-12(18)8-15(13)21-9-11-7-10-3-1-2-4-14(10)20-16(11)19/h1-8H,9H2,(H2,19,20). The van der Waals surface area contributed by atoms with Gasteiger partial charge in [-0.3, -0.25) is 0 Å². The van der Waals surface area contributed by atoms with Gasteiger partial charge in [-0.2, -0.15) is 0 Å². The summed E-state index contributed by atoms with van der Waals surface area (Å²) < 4.78 is 19.5. The van der Waals surface area contributed by atoms with Crippen molar-refractivity contribution in [3.63, 3.8) is 0 Å². The van der Waals surface area contributed by atoms with Gasteiger partial charge in [-0.1, -0.05) is 18.2 Å². The molecule has 0 spiro atoms. The van der Waals surface area contributed by atoms with Gasteiger partial charge in [0.15, 0.2) is 0 Å². The Kier molecular flexibility index (Phi) is 3.75. The average molecular weight is 347 g/mol. The van der Waals surface area contributed by atoms with Gasteiger partial charge in [0.25, 0.3) is 0 Å². The Hall–Kier alpha value is -2.14. The van der Waals surface area contributed by atoms with Gasteiger partial charge < -0.3 is 10.5 Å². The van der Waals surface area contributed by atoms with E-state index in [1.54, 1.807) is 6.07 Å². The van der Waals surface area contributed by atoms with E-state index in [9.17, 15) is 4.39 Å². The van der Waals surface area contributed by atoms with Crippen LogP contribution in [0.25, 0.3) is 10.9 Å². The van der Waals surface area contributed by atoms with Crippen molar-refractivity contribution in [2.24, 2.45) is 0 Å². The number of rotatable bonds is 3. The van der Waals surface area contributed by atoms with Gasteiger partial charge in [0, 0.05) is 17.0 Å². The lowest BCUT2D eigenvalue weighted by Crippen LogP contribution is -2.03. The fraction of sp³-hybridized carbons (Fsp3) is 0.0625. The maximum Gasteiger partial charge on any atom is 0.136 e. The first-order valence-electron chi connectivity index (χ1n) is 6.35. The lowest BCUT2D eigenvalue weighted by atomic mass is 10.1. The summed E-state index contributed by atoms with van der Waals surface area (Å²) in [7, 11) is 0. The fourth-order valence-electron chi connectivity index (χ4n) is 2.03. The Bertz CT molecular complexity index is 807. The lowest BCUT2D eigenvalue weighted by molar-refractivity contribution is 0.303. The number of hydrogen-bond donors (Lipinski definition) is 1. The number of halogens is 2. The van der Waals surface area contributed by atoms with E-state index < -0.39 is 0 Å². The van der Waals surface area contributed by atoms with Crippen LogP contribution in [-0.4, -0.2) is 4.98 Å². The molecular weight excluding hydrogens is 335 g/mol. The van der Waals surface area contributed by atoms with E-state index >= 15 is 0 Å². The maximum atomic E-state index is 13.2. The third kappa shape index (κ3) is 2.97. The molecule has 0 amide bonds. The fourth-order valence-corrected chi connectivity index (χ4v) is 2.39. The van der Waals surface area contributed by atoms with Crippen LogP contribution in [0.1, 0.15) is 5.56 Å². The third-order valence-electron chi connectivity index (χ3n) is 3.11. The van der Waals surface area contributed by atoms with E-state index in [2.05, 4.69) is 20.9 Å². The molecule has 0 saturated carbocycles. The summed E-state index contributed by atoms with van der Waals surface area (Å²) in [5, 5.41) is 0.989. The molecule has 3 rings (SSSR count). The van der Waals surface area contributed by atoms with Crippen molar-refractivity contribution in [2.45, 2.75) is 6.61 Å². The molecule has 1 heterocycles. The Morgan fingerprint density at radius 1 is 1.14 bits per heavy atom. The molecule has 1 aromatic heterocycles. The molecule has 3 nitrogen and oxygen atoms in total. The van der Waals surface area contributed by atoms with Crippen LogP contribution in [0, 0.1) is 5.82 Å². The minimum absolute atomic E-state index is 0.228. The molecular formula is C16H12BrFN2O. The molecule has 0 aliphatic rings. The number of nitrogens with two attached hydrogens (primary N) is 1. The van der Waals surface area contributed by atoms with Gasteiger partial charge in [-0.15, -0.1) is 0 Å². The molecule has 5 heteroatoms. The summed E-state index contributed by atoms with van der Waals surface area (Å²) in [6.45, 7) is 0.228. The highest BCUT2D eigenvalue weighted by atomic mass is 79.9. The van der Waals surface area contributed by atoms with Gasteiger partial charge in [-0.05, 0) is 40.2 Å². The minimum atomic E-state index is -0.349. The zero-order valence-corrected chi connectivity index (χ0v) is 12.6. The average Bonchev–Trinajstić information content (AvgIpc) is 2.48. The van der Waals surface area contributed by atoms with Gasteiger partial charge in [-0.25, -0.2) is 9.37 Å². The number of pyridine rings is 1. The molecule has 21 heavy (non-hydrogen) atoms. The van der Waals surface area contributed by atoms with E-state index in [1.807, 2.05) is 30.3 Å². The minimum Gasteiger partial charge on any atom is -0.487 e. The number of nitrogens with zero attached hydrogens (tertiary/aromatic N) is 1.